The highest BCUT2D eigenvalue weighted by molar-refractivity contribution is 7.98. The fourth-order valence-corrected chi connectivity index (χ4v) is 3.70. The molecule has 8 heteroatoms. The van der Waals surface area contributed by atoms with Gasteiger partial charge in [0.05, 0.1) is 19.2 Å². The number of nitrogens with zero attached hydrogens (tertiary/aromatic N) is 1. The number of amides is 1. The van der Waals surface area contributed by atoms with Gasteiger partial charge in [-0.2, -0.15) is 11.8 Å². The first-order chi connectivity index (χ1) is 13.8. The van der Waals surface area contributed by atoms with Gasteiger partial charge in [0.1, 0.15) is 6.04 Å². The number of aromatic nitrogens is 1. The molecular weight excluding hydrogens is 412 g/mol. The lowest BCUT2D eigenvalue weighted by molar-refractivity contribution is -0.145. The molecule has 1 aromatic heterocycles. The number of ketones is 1. The van der Waals surface area contributed by atoms with Gasteiger partial charge in [-0.25, -0.2) is 4.79 Å². The number of carbonyl (C=O) groups excluding carboxylic acids is 3. The summed E-state index contributed by atoms with van der Waals surface area (Å²) in [7, 11) is 3.06. The van der Waals surface area contributed by atoms with Gasteiger partial charge in [0.2, 0.25) is 11.7 Å². The monoisotopic (exact) mass is 436 g/mol. The maximum Gasteiger partial charge on any atom is 0.328 e. The van der Waals surface area contributed by atoms with Gasteiger partial charge in [0.15, 0.2) is 0 Å². The van der Waals surface area contributed by atoms with Gasteiger partial charge in [0, 0.05) is 23.3 Å². The number of hydrogen-bond donors (Lipinski definition) is 1. The van der Waals surface area contributed by atoms with Crippen molar-refractivity contribution >= 4 is 41.0 Å². The van der Waals surface area contributed by atoms with E-state index in [1.165, 1.54) is 7.11 Å². The van der Waals surface area contributed by atoms with Gasteiger partial charge in [-0.05, 0) is 61.2 Å². The second-order valence-electron chi connectivity index (χ2n) is 6.66. The Morgan fingerprint density at radius 2 is 1.90 bits per heavy atom. The summed E-state index contributed by atoms with van der Waals surface area (Å²) >= 11 is 7.49. The number of methoxy groups -OCH3 is 1. The Morgan fingerprint density at radius 1 is 1.24 bits per heavy atom. The van der Waals surface area contributed by atoms with E-state index >= 15 is 0 Å². The molecule has 0 aliphatic carbocycles. The second kappa shape index (κ2) is 10.5. The fraction of sp³-hybridized carbons (Fsp3) is 0.381. The molecule has 0 spiro atoms. The quantitative estimate of drug-likeness (QED) is 0.482. The lowest BCUT2D eigenvalue weighted by atomic mass is 10.1. The third-order valence-electron chi connectivity index (χ3n) is 4.62. The van der Waals surface area contributed by atoms with Gasteiger partial charge in [-0.1, -0.05) is 11.6 Å². The van der Waals surface area contributed by atoms with Crippen molar-refractivity contribution in [3.8, 4) is 0 Å². The zero-order chi connectivity index (χ0) is 21.6. The molecule has 1 N–H and O–H groups in total. The van der Waals surface area contributed by atoms with Crippen LogP contribution in [0.2, 0.25) is 5.02 Å². The summed E-state index contributed by atoms with van der Waals surface area (Å²) in [5.41, 5.74) is 2.51. The molecule has 2 aromatic rings. The normalized spacial score (nSPS) is 11.8. The van der Waals surface area contributed by atoms with E-state index in [1.807, 2.05) is 19.2 Å². The van der Waals surface area contributed by atoms with Crippen LogP contribution in [0.15, 0.2) is 30.3 Å². The lowest BCUT2D eigenvalue weighted by Gasteiger charge is -2.16. The first kappa shape index (κ1) is 23.0. The zero-order valence-electron chi connectivity index (χ0n) is 17.0. The fourth-order valence-electron chi connectivity index (χ4n) is 3.10. The van der Waals surface area contributed by atoms with Crippen molar-refractivity contribution in [3.05, 3.63) is 57.9 Å². The highest BCUT2D eigenvalue weighted by atomic mass is 35.5. The van der Waals surface area contributed by atoms with Crippen LogP contribution in [0.25, 0.3) is 0 Å². The topological polar surface area (TPSA) is 77.4 Å². The van der Waals surface area contributed by atoms with Crippen molar-refractivity contribution in [2.45, 2.75) is 25.8 Å². The number of hydrogen-bond acceptors (Lipinski definition) is 5. The Hall–Kier alpha value is -2.25. The number of aryl methyl sites for hydroxylation is 1. The Balaban J connectivity index is 2.16. The highest BCUT2D eigenvalue weighted by Gasteiger charge is 2.23. The van der Waals surface area contributed by atoms with Crippen molar-refractivity contribution in [3.63, 3.8) is 0 Å². The van der Waals surface area contributed by atoms with E-state index in [9.17, 15) is 14.4 Å². The third-order valence-corrected chi connectivity index (χ3v) is 5.51. The summed E-state index contributed by atoms with van der Waals surface area (Å²) in [6.45, 7) is 1.83. The summed E-state index contributed by atoms with van der Waals surface area (Å²) in [5.74, 6) is -0.175. The van der Waals surface area contributed by atoms with Crippen LogP contribution in [0, 0.1) is 6.92 Å². The molecule has 1 amide bonds. The lowest BCUT2D eigenvalue weighted by Crippen LogP contribution is -2.42. The number of carbonyl (C=O) groups is 3. The average molecular weight is 437 g/mol. The van der Waals surface area contributed by atoms with E-state index in [2.05, 4.69) is 5.32 Å². The Morgan fingerprint density at radius 3 is 2.48 bits per heavy atom. The van der Waals surface area contributed by atoms with E-state index in [1.54, 1.807) is 47.6 Å². The van der Waals surface area contributed by atoms with E-state index in [0.29, 0.717) is 28.4 Å². The number of rotatable bonds is 9. The molecule has 0 fully saturated rings. The molecule has 6 nitrogen and oxygen atoms in total. The SMILES string of the molecule is COC(=O)[C@H](CCSC)NC(=O)Cc1cc(C)c(C(=O)c2ccc(Cl)cc2)n1C. The maximum absolute atomic E-state index is 12.9. The minimum Gasteiger partial charge on any atom is -0.467 e. The Bertz CT molecular complexity index is 893. The third kappa shape index (κ3) is 5.87. The van der Waals surface area contributed by atoms with Crippen molar-refractivity contribution < 1.29 is 19.1 Å². The van der Waals surface area contributed by atoms with Crippen LogP contribution < -0.4 is 5.32 Å². The molecule has 29 heavy (non-hydrogen) atoms. The van der Waals surface area contributed by atoms with Crippen LogP contribution in [-0.4, -0.2) is 47.4 Å². The molecule has 0 unspecified atom stereocenters. The van der Waals surface area contributed by atoms with Crippen LogP contribution in [0.4, 0.5) is 0 Å². The maximum atomic E-state index is 12.9. The molecule has 1 heterocycles. The van der Waals surface area contributed by atoms with E-state index in [-0.39, 0.29) is 18.1 Å². The molecule has 1 atom stereocenters. The summed E-state index contributed by atoms with van der Waals surface area (Å²) in [5, 5.41) is 3.29. The van der Waals surface area contributed by atoms with Crippen molar-refractivity contribution in [2.75, 3.05) is 19.1 Å². The molecule has 156 valence electrons. The van der Waals surface area contributed by atoms with Gasteiger partial charge in [0.25, 0.3) is 0 Å². The van der Waals surface area contributed by atoms with Crippen LogP contribution >= 0.6 is 23.4 Å². The standard InChI is InChI=1S/C21H25ClN2O4S/c1-13-11-16(12-18(25)23-17(9-10-29-4)21(27)28-3)24(2)19(13)20(26)14-5-7-15(22)8-6-14/h5-8,11,17H,9-10,12H2,1-4H3,(H,23,25)/t17-/m0/s1. The number of esters is 1. The smallest absolute Gasteiger partial charge is 0.328 e. The predicted octanol–water partition coefficient (Wildman–Crippen LogP) is 3.17. The number of ether oxygens (including phenoxy) is 1. The van der Waals surface area contributed by atoms with Crippen LogP contribution in [-0.2, 0) is 27.8 Å². The van der Waals surface area contributed by atoms with Crippen LogP contribution in [0.5, 0.6) is 0 Å². The summed E-state index contributed by atoms with van der Waals surface area (Å²) in [6, 6.07) is 7.83. The van der Waals surface area contributed by atoms with Crippen LogP contribution in [0.1, 0.15) is 33.7 Å². The summed E-state index contributed by atoms with van der Waals surface area (Å²) in [4.78, 5) is 37.3. The number of benzene rings is 1. The van der Waals surface area contributed by atoms with Crippen LogP contribution in [0.3, 0.4) is 0 Å². The molecule has 0 radical (unpaired) electrons. The van der Waals surface area contributed by atoms with Crippen molar-refractivity contribution in [1.29, 1.82) is 0 Å². The molecule has 1 aromatic carbocycles. The van der Waals surface area contributed by atoms with Gasteiger partial charge >= 0.3 is 5.97 Å². The number of nitrogens with one attached hydrogen (secondary N) is 1. The predicted molar refractivity (Wildman–Crippen MR) is 116 cm³/mol. The van der Waals surface area contributed by atoms with Gasteiger partial charge in [-0.15, -0.1) is 0 Å². The van der Waals surface area contributed by atoms with E-state index in [4.69, 9.17) is 16.3 Å². The molecule has 0 saturated heterocycles. The molecule has 0 aliphatic rings. The molecular formula is C21H25ClN2O4S. The number of halogens is 1. The zero-order valence-corrected chi connectivity index (χ0v) is 18.5. The largest absolute Gasteiger partial charge is 0.467 e. The Labute approximate surface area is 179 Å². The van der Waals surface area contributed by atoms with Crippen molar-refractivity contribution in [2.24, 2.45) is 7.05 Å². The number of thioether (sulfide) groups is 1. The highest BCUT2D eigenvalue weighted by Crippen LogP contribution is 2.20. The van der Waals surface area contributed by atoms with Crippen molar-refractivity contribution in [1.82, 2.24) is 9.88 Å². The van der Waals surface area contributed by atoms with E-state index < -0.39 is 12.0 Å². The van der Waals surface area contributed by atoms with Gasteiger partial charge < -0.3 is 14.6 Å². The molecule has 0 aliphatic heterocycles. The second-order valence-corrected chi connectivity index (χ2v) is 8.09. The molecule has 0 bridgehead atoms. The minimum atomic E-state index is -0.684. The van der Waals surface area contributed by atoms with Gasteiger partial charge in [-0.3, -0.25) is 9.59 Å². The van der Waals surface area contributed by atoms with E-state index in [0.717, 1.165) is 11.3 Å². The Kier molecular flexibility index (Phi) is 8.34. The summed E-state index contributed by atoms with van der Waals surface area (Å²) < 4.78 is 6.50. The average Bonchev–Trinajstić information content (AvgIpc) is 2.97. The minimum absolute atomic E-state index is 0.0536. The first-order valence-corrected chi connectivity index (χ1v) is 10.9. The first-order valence-electron chi connectivity index (χ1n) is 9.10. The molecule has 2 rings (SSSR count). The summed E-state index contributed by atoms with van der Waals surface area (Å²) in [6.07, 6.45) is 2.48. The molecule has 0 saturated carbocycles.